The molecule has 5 nitrogen and oxygen atoms in total. The number of piperazine rings is 1. The number of hydrogen-bond donors (Lipinski definition) is 1. The van der Waals surface area contributed by atoms with Gasteiger partial charge >= 0.3 is 6.18 Å². The third-order valence-corrected chi connectivity index (χ3v) is 7.35. The molecule has 1 heterocycles. The molecule has 2 aliphatic rings. The summed E-state index contributed by atoms with van der Waals surface area (Å²) in [5.41, 5.74) is -0.0326. The number of aliphatic hydroxyl groups is 1. The molecule has 1 atom stereocenters. The zero-order valence-corrected chi connectivity index (χ0v) is 19.8. The van der Waals surface area contributed by atoms with Crippen LogP contribution in [0, 0.1) is 11.3 Å². The van der Waals surface area contributed by atoms with Crippen LogP contribution in [-0.2, 0) is 11.6 Å². The van der Waals surface area contributed by atoms with Gasteiger partial charge in [0.25, 0.3) is 0 Å². The van der Waals surface area contributed by atoms with Crippen LogP contribution in [0.1, 0.15) is 36.8 Å². The van der Waals surface area contributed by atoms with E-state index >= 15 is 0 Å². The van der Waals surface area contributed by atoms with Gasteiger partial charge in [-0.1, -0.05) is 36.4 Å². The van der Waals surface area contributed by atoms with Crippen molar-refractivity contribution in [2.24, 2.45) is 0 Å². The zero-order chi connectivity index (χ0) is 24.9. The molecular weight excluding hydrogens is 455 g/mol. The molecule has 0 aromatic heterocycles. The first-order valence-electron chi connectivity index (χ1n) is 12.2. The largest absolute Gasteiger partial charge is 0.491 e. The van der Waals surface area contributed by atoms with Crippen LogP contribution in [0.5, 0.6) is 5.75 Å². The number of halogens is 3. The first-order valence-corrected chi connectivity index (χ1v) is 12.2. The summed E-state index contributed by atoms with van der Waals surface area (Å²) < 4.78 is 44.0. The van der Waals surface area contributed by atoms with Gasteiger partial charge in [-0.05, 0) is 49.4 Å². The molecular formula is C27H32F3N3O2. The van der Waals surface area contributed by atoms with Crippen molar-refractivity contribution in [1.29, 1.82) is 5.26 Å². The molecule has 0 radical (unpaired) electrons. The summed E-state index contributed by atoms with van der Waals surface area (Å²) in [7, 11) is 0. The highest BCUT2D eigenvalue weighted by Gasteiger charge is 2.39. The predicted octanol–water partition coefficient (Wildman–Crippen LogP) is 4.47. The fraction of sp³-hybridized carbons (Fsp3) is 0.519. The van der Waals surface area contributed by atoms with E-state index in [9.17, 15) is 23.5 Å². The van der Waals surface area contributed by atoms with E-state index in [0.717, 1.165) is 69.6 Å². The van der Waals surface area contributed by atoms with Crippen LogP contribution in [0.4, 0.5) is 13.2 Å². The Hall–Kier alpha value is -2.60. The summed E-state index contributed by atoms with van der Waals surface area (Å²) in [6, 6.07) is 17.9. The molecule has 0 spiro atoms. The van der Waals surface area contributed by atoms with E-state index in [4.69, 9.17) is 4.74 Å². The number of benzene rings is 2. The molecule has 0 amide bonds. The SMILES string of the molecule is N#C[C@]1(c2ccccc2)CC[C@H](N2CCN(CC(O)COc3cccc(C(F)(F)F)c3)CC2)CC1. The predicted molar refractivity (Wildman–Crippen MR) is 127 cm³/mol. The third kappa shape index (κ3) is 6.35. The first kappa shape index (κ1) is 25.5. The highest BCUT2D eigenvalue weighted by molar-refractivity contribution is 5.33. The third-order valence-electron chi connectivity index (χ3n) is 7.35. The summed E-state index contributed by atoms with van der Waals surface area (Å²) in [4.78, 5) is 4.66. The number of β-amino-alcohol motifs (C(OH)–C–C–N with tert-alkyl or cyclic N) is 1. The Morgan fingerprint density at radius 2 is 1.71 bits per heavy atom. The molecule has 35 heavy (non-hydrogen) atoms. The van der Waals surface area contributed by atoms with E-state index in [1.807, 2.05) is 18.2 Å². The summed E-state index contributed by atoms with van der Waals surface area (Å²) in [5, 5.41) is 20.3. The Balaban J connectivity index is 1.20. The quantitative estimate of drug-likeness (QED) is 0.625. The topological polar surface area (TPSA) is 59.7 Å². The van der Waals surface area contributed by atoms with E-state index in [0.29, 0.717) is 12.6 Å². The van der Waals surface area contributed by atoms with Gasteiger partial charge in [-0.25, -0.2) is 0 Å². The second-order valence-electron chi connectivity index (χ2n) is 9.62. The fourth-order valence-corrected chi connectivity index (χ4v) is 5.30. The molecule has 1 N–H and O–H groups in total. The van der Waals surface area contributed by atoms with Gasteiger partial charge < -0.3 is 9.84 Å². The van der Waals surface area contributed by atoms with Crippen LogP contribution in [-0.4, -0.2) is 66.4 Å². The van der Waals surface area contributed by atoms with E-state index in [2.05, 4.69) is 28.0 Å². The van der Waals surface area contributed by atoms with Crippen LogP contribution in [0.25, 0.3) is 0 Å². The molecule has 1 saturated heterocycles. The van der Waals surface area contributed by atoms with Crippen molar-refractivity contribution in [2.45, 2.75) is 49.4 Å². The standard InChI is InChI=1S/C27H32F3N3O2/c28-27(29,30)22-7-4-8-25(17-22)35-19-24(34)18-32-13-15-33(16-14-32)23-9-11-26(20-31,12-10-23)21-5-2-1-3-6-21/h1-8,17,23-24,34H,9-16,18-19H2/t23-,24?,26-. The van der Waals surface area contributed by atoms with Gasteiger partial charge in [0, 0.05) is 38.8 Å². The number of aliphatic hydroxyl groups excluding tert-OH is 1. The van der Waals surface area contributed by atoms with E-state index < -0.39 is 17.8 Å². The molecule has 4 rings (SSSR count). The fourth-order valence-electron chi connectivity index (χ4n) is 5.30. The summed E-state index contributed by atoms with van der Waals surface area (Å²) in [5.74, 6) is 0.102. The number of hydrogen-bond acceptors (Lipinski definition) is 5. The van der Waals surface area contributed by atoms with E-state index in [1.54, 1.807) is 0 Å². The normalized spacial score (nSPS) is 25.1. The molecule has 188 valence electrons. The molecule has 2 fully saturated rings. The van der Waals surface area contributed by atoms with Gasteiger partial charge in [-0.15, -0.1) is 0 Å². The van der Waals surface area contributed by atoms with Gasteiger partial charge in [0.15, 0.2) is 0 Å². The number of alkyl halides is 3. The summed E-state index contributed by atoms with van der Waals surface area (Å²) >= 11 is 0. The Morgan fingerprint density at radius 1 is 1.03 bits per heavy atom. The minimum atomic E-state index is -4.42. The van der Waals surface area contributed by atoms with Gasteiger partial charge in [0.05, 0.1) is 17.0 Å². The van der Waals surface area contributed by atoms with Crippen LogP contribution >= 0.6 is 0 Å². The monoisotopic (exact) mass is 487 g/mol. The number of nitrogens with zero attached hydrogens (tertiary/aromatic N) is 3. The van der Waals surface area contributed by atoms with Crippen molar-refractivity contribution in [1.82, 2.24) is 9.80 Å². The minimum Gasteiger partial charge on any atom is -0.491 e. The van der Waals surface area contributed by atoms with Crippen molar-refractivity contribution in [3.63, 3.8) is 0 Å². The first-order chi connectivity index (χ1) is 16.8. The van der Waals surface area contributed by atoms with Gasteiger partial charge in [0.1, 0.15) is 18.5 Å². The maximum atomic E-state index is 12.8. The molecule has 1 aliphatic carbocycles. The van der Waals surface area contributed by atoms with Crippen LogP contribution < -0.4 is 4.74 Å². The van der Waals surface area contributed by atoms with Crippen LogP contribution in [0.2, 0.25) is 0 Å². The highest BCUT2D eigenvalue weighted by atomic mass is 19.4. The van der Waals surface area contributed by atoms with E-state index in [-0.39, 0.29) is 17.8 Å². The maximum absolute atomic E-state index is 12.8. The maximum Gasteiger partial charge on any atom is 0.416 e. The van der Waals surface area contributed by atoms with Crippen molar-refractivity contribution < 1.29 is 23.0 Å². The number of ether oxygens (including phenoxy) is 1. The Labute approximate surface area is 204 Å². The second kappa shape index (κ2) is 11.0. The van der Waals surface area contributed by atoms with Crippen molar-refractivity contribution >= 4 is 0 Å². The summed E-state index contributed by atoms with van der Waals surface area (Å²) in [6.45, 7) is 3.80. The minimum absolute atomic E-state index is 0.0557. The van der Waals surface area contributed by atoms with E-state index in [1.165, 1.54) is 12.1 Å². The lowest BCUT2D eigenvalue weighted by Crippen LogP contribution is -2.53. The summed E-state index contributed by atoms with van der Waals surface area (Å²) in [6.07, 6.45) is -1.49. The Kier molecular flexibility index (Phi) is 8.00. The highest BCUT2D eigenvalue weighted by Crippen LogP contribution is 2.40. The molecule has 1 aliphatic heterocycles. The lowest BCUT2D eigenvalue weighted by molar-refractivity contribution is -0.137. The van der Waals surface area contributed by atoms with Gasteiger partial charge in [-0.3, -0.25) is 9.80 Å². The second-order valence-corrected chi connectivity index (χ2v) is 9.62. The van der Waals surface area contributed by atoms with Crippen molar-refractivity contribution in [3.8, 4) is 11.8 Å². The number of rotatable bonds is 7. The van der Waals surface area contributed by atoms with Gasteiger partial charge in [-0.2, -0.15) is 18.4 Å². The molecule has 1 saturated carbocycles. The lowest BCUT2D eigenvalue weighted by Gasteiger charge is -2.44. The van der Waals surface area contributed by atoms with Gasteiger partial charge in [0.2, 0.25) is 0 Å². The van der Waals surface area contributed by atoms with Crippen LogP contribution in [0.3, 0.4) is 0 Å². The number of nitriles is 1. The lowest BCUT2D eigenvalue weighted by atomic mass is 9.69. The zero-order valence-electron chi connectivity index (χ0n) is 19.8. The smallest absolute Gasteiger partial charge is 0.416 e. The Bertz CT molecular complexity index is 993. The van der Waals surface area contributed by atoms with Crippen molar-refractivity contribution in [2.75, 3.05) is 39.3 Å². The molecule has 2 aromatic carbocycles. The van der Waals surface area contributed by atoms with Crippen LogP contribution in [0.15, 0.2) is 54.6 Å². The average molecular weight is 488 g/mol. The Morgan fingerprint density at radius 3 is 2.34 bits per heavy atom. The molecule has 1 unspecified atom stereocenters. The van der Waals surface area contributed by atoms with Crippen molar-refractivity contribution in [3.05, 3.63) is 65.7 Å². The average Bonchev–Trinajstić information content (AvgIpc) is 2.88. The molecule has 8 heteroatoms. The molecule has 2 aromatic rings. The molecule has 0 bridgehead atoms.